The summed E-state index contributed by atoms with van der Waals surface area (Å²) in [5.74, 6) is -0.392. The molecule has 1 amide bonds. The number of fused-ring (bicyclic) bond motifs is 1. The summed E-state index contributed by atoms with van der Waals surface area (Å²) < 4.78 is 5.83. The third-order valence-corrected chi connectivity index (χ3v) is 4.24. The van der Waals surface area contributed by atoms with Crippen LogP contribution in [-0.4, -0.2) is 16.7 Å². The van der Waals surface area contributed by atoms with Crippen LogP contribution in [0.25, 0.3) is 11.0 Å². The molecule has 25 heavy (non-hydrogen) atoms. The number of carbonyl (C=O) groups is 1. The Balaban J connectivity index is 1.90. The number of aromatic hydroxyl groups is 1. The Labute approximate surface area is 150 Å². The monoisotopic (exact) mass is 400 g/mol. The van der Waals surface area contributed by atoms with Gasteiger partial charge in [-0.2, -0.15) is 5.10 Å². The van der Waals surface area contributed by atoms with E-state index < -0.39 is 11.5 Å². The van der Waals surface area contributed by atoms with Gasteiger partial charge < -0.3 is 9.52 Å². The predicted octanol–water partition coefficient (Wildman–Crippen LogP) is 3.42. The summed E-state index contributed by atoms with van der Waals surface area (Å²) in [4.78, 5) is 24.3. The van der Waals surface area contributed by atoms with Crippen molar-refractivity contribution in [3.05, 3.63) is 74.6 Å². The van der Waals surface area contributed by atoms with Gasteiger partial charge >= 0.3 is 5.63 Å². The summed E-state index contributed by atoms with van der Waals surface area (Å²) in [6.45, 7) is 1.60. The molecule has 0 bridgehead atoms. The Hall–Kier alpha value is -2.93. The highest BCUT2D eigenvalue weighted by molar-refractivity contribution is 9.10. The zero-order chi connectivity index (χ0) is 18.0. The van der Waals surface area contributed by atoms with Crippen molar-refractivity contribution in [1.29, 1.82) is 0 Å². The Morgan fingerprint density at radius 2 is 1.92 bits per heavy atom. The van der Waals surface area contributed by atoms with Gasteiger partial charge in [-0.1, -0.05) is 12.1 Å². The lowest BCUT2D eigenvalue weighted by molar-refractivity contribution is 0.0954. The van der Waals surface area contributed by atoms with Gasteiger partial charge in [0.2, 0.25) is 0 Å². The van der Waals surface area contributed by atoms with Gasteiger partial charge in [0.1, 0.15) is 11.3 Å². The second-order valence-electron chi connectivity index (χ2n) is 5.29. The largest absolute Gasteiger partial charge is 0.508 e. The van der Waals surface area contributed by atoms with E-state index in [2.05, 4.69) is 26.5 Å². The number of hydrogen-bond acceptors (Lipinski definition) is 5. The molecule has 0 aliphatic heterocycles. The topological polar surface area (TPSA) is 91.9 Å². The van der Waals surface area contributed by atoms with Crippen LogP contribution in [0.2, 0.25) is 0 Å². The number of phenols is 1. The molecule has 0 radical (unpaired) electrons. The van der Waals surface area contributed by atoms with Gasteiger partial charge in [-0.3, -0.25) is 4.79 Å². The smallest absolute Gasteiger partial charge is 0.345 e. The normalized spacial score (nSPS) is 11.5. The van der Waals surface area contributed by atoms with Gasteiger partial charge in [0.25, 0.3) is 5.91 Å². The molecule has 0 saturated heterocycles. The second-order valence-corrected chi connectivity index (χ2v) is 6.14. The summed E-state index contributed by atoms with van der Waals surface area (Å²) >= 11 is 3.30. The van der Waals surface area contributed by atoms with Crippen molar-refractivity contribution < 1.29 is 14.3 Å². The van der Waals surface area contributed by atoms with Crippen molar-refractivity contribution >= 4 is 38.5 Å². The van der Waals surface area contributed by atoms with Crippen molar-refractivity contribution in [2.24, 2.45) is 5.10 Å². The van der Waals surface area contributed by atoms with Gasteiger partial charge in [0.15, 0.2) is 0 Å². The van der Waals surface area contributed by atoms with E-state index in [9.17, 15) is 14.7 Å². The number of phenolic OH excluding ortho intramolecular Hbond substituents is 1. The first-order valence-electron chi connectivity index (χ1n) is 7.32. The quantitative estimate of drug-likeness (QED) is 0.400. The molecule has 0 unspecified atom stereocenters. The van der Waals surface area contributed by atoms with E-state index in [1.54, 1.807) is 43.3 Å². The number of carbonyl (C=O) groups excluding carboxylic acids is 1. The average molecular weight is 401 g/mol. The van der Waals surface area contributed by atoms with E-state index in [4.69, 9.17) is 4.42 Å². The fourth-order valence-electron chi connectivity index (χ4n) is 2.25. The first-order chi connectivity index (χ1) is 12.0. The highest BCUT2D eigenvalue weighted by atomic mass is 79.9. The fraction of sp³-hybridized carbons (Fsp3) is 0.0556. The fourth-order valence-corrected chi connectivity index (χ4v) is 2.72. The van der Waals surface area contributed by atoms with Crippen LogP contribution in [-0.2, 0) is 0 Å². The van der Waals surface area contributed by atoms with Crippen molar-refractivity contribution in [2.45, 2.75) is 6.92 Å². The number of benzene rings is 2. The van der Waals surface area contributed by atoms with Crippen molar-refractivity contribution in [1.82, 2.24) is 5.43 Å². The van der Waals surface area contributed by atoms with Gasteiger partial charge in [-0.05, 0) is 53.2 Å². The summed E-state index contributed by atoms with van der Waals surface area (Å²) in [7, 11) is 0. The minimum atomic E-state index is -0.602. The standard InChI is InChI=1S/C18H13BrN2O4/c1-10(20-21-17(23)13-4-2-3-5-15(13)19)14-8-11-6-7-12(22)9-16(11)25-18(14)24/h2-9,22H,1H3,(H,21,23)/b20-10+. The number of nitrogens with one attached hydrogen (secondary N) is 1. The van der Waals surface area contributed by atoms with E-state index in [1.165, 1.54) is 12.1 Å². The first-order valence-corrected chi connectivity index (χ1v) is 8.11. The number of amides is 1. The zero-order valence-corrected chi connectivity index (χ0v) is 14.7. The SMILES string of the molecule is C/C(=N\NC(=O)c1ccccc1Br)c1cc2ccc(O)cc2oc1=O. The van der Waals surface area contributed by atoms with Gasteiger partial charge in [0, 0.05) is 15.9 Å². The molecule has 1 aromatic heterocycles. The Morgan fingerprint density at radius 1 is 1.16 bits per heavy atom. The predicted molar refractivity (Wildman–Crippen MR) is 98.0 cm³/mol. The molecule has 0 spiro atoms. The van der Waals surface area contributed by atoms with Crippen LogP contribution in [0, 0.1) is 0 Å². The van der Waals surface area contributed by atoms with Crippen LogP contribution in [0.3, 0.4) is 0 Å². The molecule has 2 N–H and O–H groups in total. The number of halogens is 1. The lowest BCUT2D eigenvalue weighted by atomic mass is 10.1. The van der Waals surface area contributed by atoms with Crippen molar-refractivity contribution in [3.63, 3.8) is 0 Å². The third kappa shape index (κ3) is 3.61. The minimum absolute atomic E-state index is 0.00879. The number of nitrogens with zero attached hydrogens (tertiary/aromatic N) is 1. The maximum Gasteiger partial charge on any atom is 0.345 e. The maximum atomic E-state index is 12.2. The molecule has 2 aromatic carbocycles. The van der Waals surface area contributed by atoms with Gasteiger partial charge in [0.05, 0.1) is 16.8 Å². The number of hydrazone groups is 1. The summed E-state index contributed by atoms with van der Waals surface area (Å²) in [5.41, 5.74) is 3.06. The molecule has 7 heteroatoms. The van der Waals surface area contributed by atoms with Crippen LogP contribution < -0.4 is 11.1 Å². The van der Waals surface area contributed by atoms with Gasteiger partial charge in [-0.15, -0.1) is 0 Å². The summed E-state index contributed by atoms with van der Waals surface area (Å²) in [5, 5.41) is 14.1. The molecule has 1 heterocycles. The molecule has 3 rings (SSSR count). The molecule has 0 fully saturated rings. The van der Waals surface area contributed by atoms with Crippen LogP contribution in [0.1, 0.15) is 22.8 Å². The molecule has 0 saturated carbocycles. The molecular formula is C18H13BrN2O4. The molecular weight excluding hydrogens is 388 g/mol. The maximum absolute atomic E-state index is 12.2. The van der Waals surface area contributed by atoms with E-state index in [0.717, 1.165) is 0 Å². The average Bonchev–Trinajstić information content (AvgIpc) is 2.59. The van der Waals surface area contributed by atoms with Crippen molar-refractivity contribution in [3.8, 4) is 5.75 Å². The second kappa shape index (κ2) is 6.90. The van der Waals surface area contributed by atoms with Gasteiger partial charge in [-0.25, -0.2) is 10.2 Å². The first kappa shape index (κ1) is 16.9. The molecule has 0 aliphatic rings. The minimum Gasteiger partial charge on any atom is -0.508 e. The Morgan fingerprint density at radius 3 is 2.68 bits per heavy atom. The molecule has 126 valence electrons. The lowest BCUT2D eigenvalue weighted by Crippen LogP contribution is -2.21. The van der Waals surface area contributed by atoms with Crippen LogP contribution >= 0.6 is 15.9 Å². The van der Waals surface area contributed by atoms with Crippen LogP contribution in [0.15, 0.2) is 67.3 Å². The summed E-state index contributed by atoms with van der Waals surface area (Å²) in [6.07, 6.45) is 0. The Kier molecular flexibility index (Phi) is 4.67. The lowest BCUT2D eigenvalue weighted by Gasteiger charge is -2.05. The van der Waals surface area contributed by atoms with E-state index >= 15 is 0 Å². The van der Waals surface area contributed by atoms with Crippen LogP contribution in [0.4, 0.5) is 0 Å². The van der Waals surface area contributed by atoms with E-state index in [1.807, 2.05) is 0 Å². The van der Waals surface area contributed by atoms with E-state index in [-0.39, 0.29) is 16.9 Å². The highest BCUT2D eigenvalue weighted by Gasteiger charge is 2.11. The zero-order valence-electron chi connectivity index (χ0n) is 13.1. The molecule has 0 atom stereocenters. The van der Waals surface area contributed by atoms with E-state index in [0.29, 0.717) is 21.1 Å². The molecule has 0 aliphatic carbocycles. The molecule has 6 nitrogen and oxygen atoms in total. The molecule has 3 aromatic rings. The highest BCUT2D eigenvalue weighted by Crippen LogP contribution is 2.19. The number of rotatable bonds is 3. The van der Waals surface area contributed by atoms with Crippen LogP contribution in [0.5, 0.6) is 5.75 Å². The summed E-state index contributed by atoms with van der Waals surface area (Å²) in [6, 6.07) is 13.0. The number of hydrogen-bond donors (Lipinski definition) is 2. The Bertz CT molecular complexity index is 1060. The third-order valence-electron chi connectivity index (χ3n) is 3.55. The van der Waals surface area contributed by atoms with Crippen molar-refractivity contribution in [2.75, 3.05) is 0 Å².